The second kappa shape index (κ2) is 6.97. The van der Waals surface area contributed by atoms with Gasteiger partial charge in [-0.2, -0.15) is 26.3 Å². The topological polar surface area (TPSA) is 0 Å². The van der Waals surface area contributed by atoms with Crippen LogP contribution in [0, 0.1) is 27.7 Å². The Kier molecular flexibility index (Phi) is 5.45. The van der Waals surface area contributed by atoms with E-state index >= 15 is 0 Å². The molecule has 0 amide bonds. The van der Waals surface area contributed by atoms with Crippen molar-refractivity contribution in [2.75, 3.05) is 0 Å². The zero-order valence-electron chi connectivity index (χ0n) is 14.9. The van der Waals surface area contributed by atoms with E-state index in [-0.39, 0.29) is 11.1 Å². The van der Waals surface area contributed by atoms with Gasteiger partial charge in [0, 0.05) is 0 Å². The molecule has 2 unspecified atom stereocenters. The second-order valence-electron chi connectivity index (χ2n) is 6.73. The standard InChI is InChI=1S/C20H20F6/c1-11-5-7-15(9-13(11)3)17(19(21,22)23)18(20(24,25)26)16-8-6-12(2)14(4)10-16/h5-10,17-18H,1-4H3. The van der Waals surface area contributed by atoms with E-state index in [0.29, 0.717) is 11.1 Å². The van der Waals surface area contributed by atoms with Crippen molar-refractivity contribution in [3.05, 3.63) is 69.8 Å². The van der Waals surface area contributed by atoms with Crippen molar-refractivity contribution in [3.8, 4) is 0 Å². The summed E-state index contributed by atoms with van der Waals surface area (Å²) in [6.45, 7) is 6.58. The minimum absolute atomic E-state index is 0.374. The fraction of sp³-hybridized carbons (Fsp3) is 0.400. The highest BCUT2D eigenvalue weighted by molar-refractivity contribution is 5.39. The molecule has 0 radical (unpaired) electrons. The van der Waals surface area contributed by atoms with Crippen LogP contribution in [0.25, 0.3) is 0 Å². The van der Waals surface area contributed by atoms with Gasteiger partial charge in [0.2, 0.25) is 0 Å². The highest BCUT2D eigenvalue weighted by atomic mass is 19.4. The quantitative estimate of drug-likeness (QED) is 0.512. The van der Waals surface area contributed by atoms with Crippen molar-refractivity contribution in [2.24, 2.45) is 0 Å². The van der Waals surface area contributed by atoms with Crippen LogP contribution in [0.15, 0.2) is 36.4 Å². The summed E-state index contributed by atoms with van der Waals surface area (Å²) in [5.74, 6) is -5.33. The number of halogens is 6. The van der Waals surface area contributed by atoms with E-state index in [1.165, 1.54) is 24.3 Å². The van der Waals surface area contributed by atoms with Crippen LogP contribution in [-0.2, 0) is 0 Å². The molecule has 0 spiro atoms. The van der Waals surface area contributed by atoms with E-state index in [4.69, 9.17) is 0 Å². The van der Waals surface area contributed by atoms with Crippen LogP contribution in [0.5, 0.6) is 0 Å². The van der Waals surface area contributed by atoms with E-state index in [1.54, 1.807) is 27.7 Å². The zero-order chi connectivity index (χ0) is 19.9. The van der Waals surface area contributed by atoms with Crippen LogP contribution in [0.1, 0.15) is 45.2 Å². The van der Waals surface area contributed by atoms with Gasteiger partial charge in [0.25, 0.3) is 0 Å². The zero-order valence-corrected chi connectivity index (χ0v) is 14.9. The van der Waals surface area contributed by atoms with Gasteiger partial charge in [-0.15, -0.1) is 0 Å². The lowest BCUT2D eigenvalue weighted by molar-refractivity contribution is -0.211. The van der Waals surface area contributed by atoms with Crippen LogP contribution in [0.4, 0.5) is 26.3 Å². The third kappa shape index (κ3) is 4.22. The largest absolute Gasteiger partial charge is 0.396 e. The molecule has 0 aromatic heterocycles. The van der Waals surface area contributed by atoms with Gasteiger partial charge in [-0.3, -0.25) is 0 Å². The van der Waals surface area contributed by atoms with Crippen LogP contribution in [-0.4, -0.2) is 12.4 Å². The number of hydrogen-bond donors (Lipinski definition) is 0. The Labute approximate surface area is 148 Å². The summed E-state index contributed by atoms with van der Waals surface area (Å²) in [5.41, 5.74) is 1.76. The highest BCUT2D eigenvalue weighted by Gasteiger charge is 2.56. The lowest BCUT2D eigenvalue weighted by Gasteiger charge is -2.32. The molecule has 6 heteroatoms. The Morgan fingerprint density at radius 3 is 1.08 bits per heavy atom. The summed E-state index contributed by atoms with van der Waals surface area (Å²) in [6, 6.07) is 7.54. The van der Waals surface area contributed by atoms with Gasteiger partial charge < -0.3 is 0 Å². The number of hydrogen-bond acceptors (Lipinski definition) is 0. The average Bonchev–Trinajstić information content (AvgIpc) is 2.48. The number of rotatable bonds is 3. The van der Waals surface area contributed by atoms with E-state index in [9.17, 15) is 26.3 Å². The maximum absolute atomic E-state index is 13.8. The van der Waals surface area contributed by atoms with Crippen molar-refractivity contribution >= 4 is 0 Å². The summed E-state index contributed by atoms with van der Waals surface area (Å²) in [4.78, 5) is 0. The maximum atomic E-state index is 13.8. The first-order valence-corrected chi connectivity index (χ1v) is 8.10. The van der Waals surface area contributed by atoms with Gasteiger partial charge in [0.1, 0.15) is 0 Å². The molecule has 0 N–H and O–H groups in total. The second-order valence-corrected chi connectivity index (χ2v) is 6.73. The molecule has 0 aliphatic heterocycles. The Hall–Kier alpha value is -1.98. The van der Waals surface area contributed by atoms with Crippen molar-refractivity contribution in [3.63, 3.8) is 0 Å². The molecule has 2 aromatic carbocycles. The first kappa shape index (κ1) is 20.3. The van der Waals surface area contributed by atoms with Gasteiger partial charge >= 0.3 is 12.4 Å². The highest BCUT2D eigenvalue weighted by Crippen LogP contribution is 2.52. The van der Waals surface area contributed by atoms with Crippen LogP contribution in [0.3, 0.4) is 0 Å². The predicted octanol–water partition coefficient (Wildman–Crippen LogP) is 6.91. The predicted molar refractivity (Wildman–Crippen MR) is 89.4 cm³/mol. The van der Waals surface area contributed by atoms with Gasteiger partial charge in [0.05, 0.1) is 11.8 Å². The van der Waals surface area contributed by atoms with Crippen molar-refractivity contribution in [1.29, 1.82) is 0 Å². The molecule has 0 aliphatic carbocycles. The minimum Gasteiger partial charge on any atom is -0.170 e. The van der Waals surface area contributed by atoms with E-state index in [1.807, 2.05) is 0 Å². The minimum atomic E-state index is -5.04. The molecule has 0 nitrogen and oxygen atoms in total. The summed E-state index contributed by atoms with van der Waals surface area (Å²) in [5, 5.41) is 0. The van der Waals surface area contributed by atoms with Crippen molar-refractivity contribution in [2.45, 2.75) is 51.9 Å². The lowest BCUT2D eigenvalue weighted by Crippen LogP contribution is -2.35. The van der Waals surface area contributed by atoms with Gasteiger partial charge in [-0.1, -0.05) is 36.4 Å². The van der Waals surface area contributed by atoms with E-state index < -0.39 is 24.2 Å². The van der Waals surface area contributed by atoms with Gasteiger partial charge in [-0.05, 0) is 61.1 Å². The smallest absolute Gasteiger partial charge is 0.170 e. The molecule has 0 fully saturated rings. The van der Waals surface area contributed by atoms with Gasteiger partial charge in [-0.25, -0.2) is 0 Å². The van der Waals surface area contributed by atoms with Crippen LogP contribution in [0.2, 0.25) is 0 Å². The van der Waals surface area contributed by atoms with Gasteiger partial charge in [0.15, 0.2) is 0 Å². The van der Waals surface area contributed by atoms with Crippen LogP contribution < -0.4 is 0 Å². The van der Waals surface area contributed by atoms with Crippen LogP contribution >= 0.6 is 0 Å². The molecule has 2 rings (SSSR count). The molecule has 0 saturated heterocycles. The third-order valence-corrected chi connectivity index (χ3v) is 4.82. The van der Waals surface area contributed by atoms with E-state index in [0.717, 1.165) is 23.3 Å². The summed E-state index contributed by atoms with van der Waals surface area (Å²) in [6.07, 6.45) is -10.1. The molecule has 2 aromatic rings. The fourth-order valence-corrected chi connectivity index (χ4v) is 3.06. The lowest BCUT2D eigenvalue weighted by atomic mass is 9.79. The Balaban J connectivity index is 2.70. The summed E-state index contributed by atoms with van der Waals surface area (Å²) in [7, 11) is 0. The Bertz CT molecular complexity index is 718. The monoisotopic (exact) mass is 374 g/mol. The molecule has 0 bridgehead atoms. The fourth-order valence-electron chi connectivity index (χ4n) is 3.06. The summed E-state index contributed by atoms with van der Waals surface area (Å²) >= 11 is 0. The molecule has 2 atom stereocenters. The van der Waals surface area contributed by atoms with Crippen molar-refractivity contribution in [1.82, 2.24) is 0 Å². The molecule has 26 heavy (non-hydrogen) atoms. The Morgan fingerprint density at radius 1 is 0.538 bits per heavy atom. The first-order chi connectivity index (χ1) is 11.8. The number of benzene rings is 2. The molecule has 0 heterocycles. The maximum Gasteiger partial charge on any atom is 0.396 e. The molecule has 142 valence electrons. The first-order valence-electron chi connectivity index (χ1n) is 8.10. The normalized spacial score (nSPS) is 15.0. The average molecular weight is 374 g/mol. The molecule has 0 saturated carbocycles. The number of alkyl halides is 6. The number of aryl methyl sites for hydroxylation is 4. The third-order valence-electron chi connectivity index (χ3n) is 4.82. The SMILES string of the molecule is Cc1ccc(C(C(c2ccc(C)c(C)c2)C(F)(F)F)C(F)(F)F)cc1C. The van der Waals surface area contributed by atoms with Crippen molar-refractivity contribution < 1.29 is 26.3 Å². The molecular formula is C20H20F6. The summed E-state index contributed by atoms with van der Waals surface area (Å²) < 4.78 is 82.7. The molecular weight excluding hydrogens is 354 g/mol. The molecule has 0 aliphatic rings. The van der Waals surface area contributed by atoms with E-state index in [2.05, 4.69) is 0 Å². The Morgan fingerprint density at radius 2 is 0.846 bits per heavy atom.